The van der Waals surface area contributed by atoms with Crippen molar-refractivity contribution in [3.05, 3.63) is 52.6 Å². The van der Waals surface area contributed by atoms with Crippen LogP contribution < -0.4 is 26.4 Å². The number of nitrogens with two attached hydrogens (primary N) is 1. The van der Waals surface area contributed by atoms with Gasteiger partial charge in [0.15, 0.2) is 34.7 Å². The molecular formula is C27H28F2N10O4. The number of halogens is 2. The number of piperazine rings is 1. The highest BCUT2D eigenvalue weighted by molar-refractivity contribution is 5.88. The lowest BCUT2D eigenvalue weighted by Crippen LogP contribution is -2.47. The van der Waals surface area contributed by atoms with E-state index in [1.54, 1.807) is 23.7 Å². The third-order valence-electron chi connectivity index (χ3n) is 7.94. The molecule has 224 valence electrons. The van der Waals surface area contributed by atoms with Gasteiger partial charge in [0.2, 0.25) is 11.8 Å². The van der Waals surface area contributed by atoms with E-state index in [9.17, 15) is 18.4 Å². The highest BCUT2D eigenvalue weighted by Crippen LogP contribution is 2.30. The Morgan fingerprint density at radius 3 is 2.63 bits per heavy atom. The molecule has 4 aromatic heterocycles. The number of benzene rings is 1. The van der Waals surface area contributed by atoms with E-state index in [0.29, 0.717) is 80.6 Å². The van der Waals surface area contributed by atoms with Crippen LogP contribution in [0.3, 0.4) is 0 Å². The van der Waals surface area contributed by atoms with Gasteiger partial charge in [0, 0.05) is 71.4 Å². The molecule has 7 rings (SSSR count). The molecule has 0 saturated carbocycles. The standard InChI is InChI=1S/C27H28F2N10O4/c1-35-21-23(33-26(30)39-24(21)32-22(34-39)18-3-2-12-42-18)38(27(35)41)11-8-36-6-9-37(10-7-36)17-14-20(16(29)13-15(17)28)43-19-4-5-31-25(19)40/h2-3,12-14,19H,4-11H2,1H3,(H2,30,33)(H,31,40)/t19-/m1/s1. The molecule has 2 saturated heterocycles. The lowest BCUT2D eigenvalue weighted by Gasteiger charge is -2.36. The number of anilines is 2. The Balaban J connectivity index is 1.07. The summed E-state index contributed by atoms with van der Waals surface area (Å²) in [5, 5.41) is 7.03. The zero-order chi connectivity index (χ0) is 29.8. The highest BCUT2D eigenvalue weighted by Gasteiger charge is 2.29. The largest absolute Gasteiger partial charge is 0.477 e. The van der Waals surface area contributed by atoms with Gasteiger partial charge in [-0.2, -0.15) is 9.50 Å². The summed E-state index contributed by atoms with van der Waals surface area (Å²) in [5.74, 6) is -1.15. The number of amides is 1. The number of furan rings is 1. The first-order valence-corrected chi connectivity index (χ1v) is 13.8. The monoisotopic (exact) mass is 594 g/mol. The molecule has 5 aromatic rings. The smallest absolute Gasteiger partial charge is 0.330 e. The van der Waals surface area contributed by atoms with E-state index >= 15 is 0 Å². The number of hydrogen-bond donors (Lipinski definition) is 2. The maximum atomic E-state index is 14.8. The lowest BCUT2D eigenvalue weighted by molar-refractivity contribution is -0.125. The van der Waals surface area contributed by atoms with Gasteiger partial charge in [-0.05, 0) is 12.1 Å². The second-order valence-electron chi connectivity index (χ2n) is 10.5. The van der Waals surface area contributed by atoms with Gasteiger partial charge in [-0.15, -0.1) is 5.10 Å². The van der Waals surface area contributed by atoms with Gasteiger partial charge in [0.25, 0.3) is 5.91 Å². The number of rotatable bonds is 7. The van der Waals surface area contributed by atoms with E-state index in [-0.39, 0.29) is 29.0 Å². The van der Waals surface area contributed by atoms with Crippen molar-refractivity contribution in [3.8, 4) is 17.3 Å². The van der Waals surface area contributed by atoms with E-state index in [1.807, 2.05) is 4.90 Å². The van der Waals surface area contributed by atoms with Crippen molar-refractivity contribution in [2.24, 2.45) is 7.05 Å². The molecule has 1 amide bonds. The minimum atomic E-state index is -0.852. The third-order valence-corrected chi connectivity index (χ3v) is 7.94. The van der Waals surface area contributed by atoms with Gasteiger partial charge in [-0.1, -0.05) is 0 Å². The van der Waals surface area contributed by atoms with E-state index in [4.69, 9.17) is 14.9 Å². The Bertz CT molecular complexity index is 1910. The molecule has 16 heteroatoms. The third kappa shape index (κ3) is 4.63. The van der Waals surface area contributed by atoms with Gasteiger partial charge < -0.3 is 25.1 Å². The summed E-state index contributed by atoms with van der Waals surface area (Å²) < 4.78 is 44.6. The average Bonchev–Trinajstić information content (AvgIpc) is 3.79. The first-order chi connectivity index (χ1) is 20.8. The van der Waals surface area contributed by atoms with Crippen LogP contribution >= 0.6 is 0 Å². The average molecular weight is 595 g/mol. The van der Waals surface area contributed by atoms with Gasteiger partial charge in [0.05, 0.1) is 12.0 Å². The van der Waals surface area contributed by atoms with Crippen molar-refractivity contribution >= 4 is 34.4 Å². The summed E-state index contributed by atoms with van der Waals surface area (Å²) in [6.07, 6.45) is 1.14. The first kappa shape index (κ1) is 26.9. The van der Waals surface area contributed by atoms with Crippen LogP contribution in [-0.2, 0) is 18.4 Å². The molecule has 0 bridgehead atoms. The molecule has 2 aliphatic heterocycles. The Morgan fingerprint density at radius 1 is 1.09 bits per heavy atom. The molecule has 1 aromatic carbocycles. The summed E-state index contributed by atoms with van der Waals surface area (Å²) in [6, 6.07) is 5.57. The highest BCUT2D eigenvalue weighted by atomic mass is 19.1. The Morgan fingerprint density at radius 2 is 1.91 bits per heavy atom. The molecule has 14 nitrogen and oxygen atoms in total. The summed E-state index contributed by atoms with van der Waals surface area (Å²) in [7, 11) is 1.65. The second kappa shape index (κ2) is 10.4. The van der Waals surface area contributed by atoms with E-state index in [2.05, 4.69) is 25.3 Å². The van der Waals surface area contributed by atoms with Crippen LogP contribution in [0.25, 0.3) is 28.4 Å². The van der Waals surface area contributed by atoms with Crippen LogP contribution in [-0.4, -0.2) is 84.9 Å². The summed E-state index contributed by atoms with van der Waals surface area (Å²) in [4.78, 5) is 38.1. The topological polar surface area (TPSA) is 154 Å². The molecule has 2 fully saturated rings. The molecule has 3 N–H and O–H groups in total. The van der Waals surface area contributed by atoms with Gasteiger partial charge in [-0.3, -0.25) is 18.8 Å². The first-order valence-electron chi connectivity index (χ1n) is 13.8. The van der Waals surface area contributed by atoms with Crippen molar-refractivity contribution in [1.29, 1.82) is 0 Å². The number of fused-ring (bicyclic) bond motifs is 3. The number of aromatic nitrogens is 6. The van der Waals surface area contributed by atoms with Gasteiger partial charge in [-0.25, -0.2) is 18.6 Å². The Labute approximate surface area is 242 Å². The van der Waals surface area contributed by atoms with Crippen molar-refractivity contribution in [1.82, 2.24) is 38.9 Å². The van der Waals surface area contributed by atoms with Crippen molar-refractivity contribution in [3.63, 3.8) is 0 Å². The molecule has 1 atom stereocenters. The number of aryl methyl sites for hydroxylation is 1. The quantitative estimate of drug-likeness (QED) is 0.279. The predicted octanol–water partition coefficient (Wildman–Crippen LogP) is 0.988. The van der Waals surface area contributed by atoms with Crippen molar-refractivity contribution in [2.45, 2.75) is 19.1 Å². The Kier molecular flexibility index (Phi) is 6.49. The molecule has 2 aliphatic rings. The fourth-order valence-electron chi connectivity index (χ4n) is 5.64. The number of nitrogen functional groups attached to an aromatic ring is 1. The number of carbonyl (C=O) groups is 1. The van der Waals surface area contributed by atoms with Crippen LogP contribution in [0.1, 0.15) is 6.42 Å². The number of carbonyl (C=O) groups excluding carboxylic acids is 1. The van der Waals surface area contributed by atoms with Crippen molar-refractivity contribution in [2.75, 3.05) is 49.9 Å². The van der Waals surface area contributed by atoms with Crippen LogP contribution in [0.2, 0.25) is 0 Å². The fraction of sp³-hybridized carbons (Fsp3) is 0.370. The van der Waals surface area contributed by atoms with Gasteiger partial charge in [0.1, 0.15) is 11.3 Å². The summed E-state index contributed by atoms with van der Waals surface area (Å²) in [6.45, 7) is 3.41. The molecule has 0 unspecified atom stereocenters. The summed E-state index contributed by atoms with van der Waals surface area (Å²) >= 11 is 0. The predicted molar refractivity (Wildman–Crippen MR) is 151 cm³/mol. The van der Waals surface area contributed by atoms with E-state index < -0.39 is 17.7 Å². The van der Waals surface area contributed by atoms with Crippen LogP contribution in [0.4, 0.5) is 20.4 Å². The number of imidazole rings is 1. The maximum absolute atomic E-state index is 14.8. The number of nitrogens with one attached hydrogen (secondary N) is 1. The van der Waals surface area contributed by atoms with Crippen LogP contribution in [0, 0.1) is 11.6 Å². The number of ether oxygens (including phenoxy) is 1. The molecule has 6 heterocycles. The molecule has 0 spiro atoms. The minimum absolute atomic E-state index is 0.0824. The van der Waals surface area contributed by atoms with E-state index in [0.717, 1.165) is 6.07 Å². The summed E-state index contributed by atoms with van der Waals surface area (Å²) in [5.41, 5.74) is 7.43. The van der Waals surface area contributed by atoms with Crippen LogP contribution in [0.5, 0.6) is 5.75 Å². The molecule has 43 heavy (non-hydrogen) atoms. The lowest BCUT2D eigenvalue weighted by atomic mass is 10.2. The molecule has 0 aliphatic carbocycles. The fourth-order valence-corrected chi connectivity index (χ4v) is 5.64. The van der Waals surface area contributed by atoms with E-state index in [1.165, 1.54) is 21.4 Å². The molecule has 0 radical (unpaired) electrons. The second-order valence-corrected chi connectivity index (χ2v) is 10.5. The SMILES string of the molecule is Cn1c(=O)n(CCN2CCN(c3cc(O[C@@H]4CCNC4=O)c(F)cc3F)CC2)c2nc(N)n3nc(-c4ccco4)nc3c21. The van der Waals surface area contributed by atoms with Crippen molar-refractivity contribution < 1.29 is 22.7 Å². The normalized spacial score (nSPS) is 17.8. The Hall–Kier alpha value is -4.99. The zero-order valence-corrected chi connectivity index (χ0v) is 23.2. The minimum Gasteiger partial charge on any atom is -0.477 e. The number of nitrogens with zero attached hydrogens (tertiary/aromatic N) is 8. The van der Waals surface area contributed by atoms with Gasteiger partial charge >= 0.3 is 5.69 Å². The van der Waals surface area contributed by atoms with Crippen LogP contribution in [0.15, 0.2) is 39.7 Å². The zero-order valence-electron chi connectivity index (χ0n) is 23.2. The maximum Gasteiger partial charge on any atom is 0.330 e. The molecular weight excluding hydrogens is 566 g/mol. The number of hydrogen-bond acceptors (Lipinski definition) is 10.